The van der Waals surface area contributed by atoms with Gasteiger partial charge in [0.15, 0.2) is 6.61 Å². The third-order valence-electron chi connectivity index (χ3n) is 4.28. The number of anilines is 1. The van der Waals surface area contributed by atoms with E-state index in [9.17, 15) is 0 Å². The van der Waals surface area contributed by atoms with Crippen LogP contribution in [0.2, 0.25) is 0 Å². The summed E-state index contributed by atoms with van der Waals surface area (Å²) in [5.41, 5.74) is 2.32. The Morgan fingerprint density at radius 2 is 1.29 bits per heavy atom. The molecule has 1 heterocycles. The summed E-state index contributed by atoms with van der Waals surface area (Å²) in [7, 11) is 0. The van der Waals surface area contributed by atoms with E-state index >= 15 is 0 Å². The third-order valence-corrected chi connectivity index (χ3v) is 4.28. The molecule has 4 aromatic rings. The fourth-order valence-electron chi connectivity index (χ4n) is 2.92. The highest BCUT2D eigenvalue weighted by Gasteiger charge is 2.13. The van der Waals surface area contributed by atoms with Crippen LogP contribution in [0.3, 0.4) is 0 Å². The van der Waals surface area contributed by atoms with Crippen molar-refractivity contribution in [2.45, 2.75) is 19.7 Å². The highest BCUT2D eigenvalue weighted by Crippen LogP contribution is 2.20. The molecule has 0 saturated heterocycles. The van der Waals surface area contributed by atoms with Gasteiger partial charge >= 0.3 is 0 Å². The number of hydrogen-bond donors (Lipinski definition) is 0. The van der Waals surface area contributed by atoms with Crippen LogP contribution in [0, 0.1) is 0 Å². The van der Waals surface area contributed by atoms with Crippen LogP contribution in [-0.4, -0.2) is 10.2 Å². The van der Waals surface area contributed by atoms with Gasteiger partial charge in [-0.1, -0.05) is 66.7 Å². The second-order valence-electron chi connectivity index (χ2n) is 6.37. The van der Waals surface area contributed by atoms with Gasteiger partial charge in [-0.15, -0.1) is 10.2 Å². The maximum atomic E-state index is 5.81. The van der Waals surface area contributed by atoms with Gasteiger partial charge in [0.05, 0.1) is 6.54 Å². The van der Waals surface area contributed by atoms with Gasteiger partial charge in [-0.3, -0.25) is 0 Å². The lowest BCUT2D eigenvalue weighted by atomic mass is 10.2. The van der Waals surface area contributed by atoms with Crippen LogP contribution in [-0.2, 0) is 19.7 Å². The van der Waals surface area contributed by atoms with E-state index < -0.39 is 0 Å². The molecule has 0 spiro atoms. The van der Waals surface area contributed by atoms with Crippen LogP contribution >= 0.6 is 0 Å². The predicted octanol–water partition coefficient (Wildman–Crippen LogP) is 4.86. The molecule has 5 nitrogen and oxygen atoms in total. The largest absolute Gasteiger partial charge is 0.484 e. The second-order valence-corrected chi connectivity index (χ2v) is 6.37. The van der Waals surface area contributed by atoms with E-state index in [2.05, 4.69) is 39.4 Å². The van der Waals surface area contributed by atoms with E-state index in [4.69, 9.17) is 9.15 Å². The molecule has 0 radical (unpaired) electrons. The Bertz CT molecular complexity index is 972. The van der Waals surface area contributed by atoms with Gasteiger partial charge in [0.1, 0.15) is 5.75 Å². The summed E-state index contributed by atoms with van der Waals surface area (Å²) >= 11 is 0. The quantitative estimate of drug-likeness (QED) is 0.443. The van der Waals surface area contributed by atoms with Crippen LogP contribution in [0.5, 0.6) is 5.75 Å². The summed E-state index contributed by atoms with van der Waals surface area (Å²) in [6.45, 7) is 1.53. The molecule has 0 N–H and O–H groups in total. The molecular formula is C23H21N3O2. The minimum absolute atomic E-state index is 0.251. The first-order chi connectivity index (χ1) is 13.9. The van der Waals surface area contributed by atoms with Gasteiger partial charge in [-0.2, -0.15) is 0 Å². The Labute approximate surface area is 164 Å². The zero-order valence-corrected chi connectivity index (χ0v) is 15.4. The molecule has 0 saturated carbocycles. The minimum Gasteiger partial charge on any atom is -0.484 e. The van der Waals surface area contributed by atoms with E-state index in [1.165, 1.54) is 5.56 Å². The van der Waals surface area contributed by atoms with Gasteiger partial charge in [0, 0.05) is 12.2 Å². The Kier molecular flexibility index (Phi) is 5.63. The molecular weight excluding hydrogens is 350 g/mol. The van der Waals surface area contributed by atoms with Crippen LogP contribution in [0.1, 0.15) is 17.3 Å². The summed E-state index contributed by atoms with van der Waals surface area (Å²) in [5.74, 6) is 1.80. The van der Waals surface area contributed by atoms with Crippen molar-refractivity contribution in [2.75, 3.05) is 4.90 Å². The lowest BCUT2D eigenvalue weighted by Gasteiger charge is -2.23. The summed E-state index contributed by atoms with van der Waals surface area (Å²) in [6, 6.07) is 30.2. The predicted molar refractivity (Wildman–Crippen MR) is 108 cm³/mol. The highest BCUT2D eigenvalue weighted by molar-refractivity contribution is 5.46. The second kappa shape index (κ2) is 8.86. The van der Waals surface area contributed by atoms with Crippen molar-refractivity contribution in [2.24, 2.45) is 0 Å². The normalized spacial score (nSPS) is 10.6. The first-order valence-electron chi connectivity index (χ1n) is 9.20. The molecule has 4 rings (SSSR count). The number of ether oxygens (including phenoxy) is 1. The zero-order chi connectivity index (χ0) is 19.0. The number of para-hydroxylation sites is 2. The zero-order valence-electron chi connectivity index (χ0n) is 15.4. The summed E-state index contributed by atoms with van der Waals surface area (Å²) < 4.78 is 11.5. The molecule has 0 aliphatic rings. The molecule has 5 heteroatoms. The van der Waals surface area contributed by atoms with Crippen molar-refractivity contribution in [1.29, 1.82) is 0 Å². The van der Waals surface area contributed by atoms with Crippen molar-refractivity contribution < 1.29 is 9.15 Å². The van der Waals surface area contributed by atoms with E-state index in [-0.39, 0.29) is 6.61 Å². The molecule has 0 bridgehead atoms. The van der Waals surface area contributed by atoms with Gasteiger partial charge in [-0.05, 0) is 29.8 Å². The SMILES string of the molecule is c1ccc(CN(Cc2nnc(COc3ccccc3)o2)c2ccccc2)cc1. The molecule has 0 fully saturated rings. The standard InChI is InChI=1S/C23H21N3O2/c1-4-10-19(11-5-1)16-26(20-12-6-2-7-13-20)17-22-24-25-23(28-22)18-27-21-14-8-3-9-15-21/h1-15H,16-18H2. The lowest BCUT2D eigenvalue weighted by Crippen LogP contribution is -2.22. The number of aromatic nitrogens is 2. The number of benzene rings is 3. The highest BCUT2D eigenvalue weighted by atomic mass is 16.5. The monoisotopic (exact) mass is 371 g/mol. The Morgan fingerprint density at radius 1 is 0.679 bits per heavy atom. The number of nitrogens with zero attached hydrogens (tertiary/aromatic N) is 3. The van der Waals surface area contributed by atoms with E-state index in [1.54, 1.807) is 0 Å². The van der Waals surface area contributed by atoms with Gasteiger partial charge in [0.25, 0.3) is 5.89 Å². The molecule has 3 aromatic carbocycles. The first-order valence-corrected chi connectivity index (χ1v) is 9.20. The Morgan fingerprint density at radius 3 is 2.00 bits per heavy atom. The van der Waals surface area contributed by atoms with E-state index in [1.807, 2.05) is 66.7 Å². The van der Waals surface area contributed by atoms with Crippen molar-refractivity contribution >= 4 is 5.69 Å². The molecule has 0 unspecified atom stereocenters. The topological polar surface area (TPSA) is 51.4 Å². The van der Waals surface area contributed by atoms with Crippen LogP contribution in [0.4, 0.5) is 5.69 Å². The lowest BCUT2D eigenvalue weighted by molar-refractivity contribution is 0.258. The number of rotatable bonds is 8. The molecule has 140 valence electrons. The molecule has 28 heavy (non-hydrogen) atoms. The van der Waals surface area contributed by atoms with Gasteiger partial charge in [-0.25, -0.2) is 0 Å². The average Bonchev–Trinajstić information content (AvgIpc) is 3.21. The smallest absolute Gasteiger partial charge is 0.253 e. The van der Waals surface area contributed by atoms with Crippen LogP contribution in [0.15, 0.2) is 95.4 Å². The molecule has 1 aromatic heterocycles. The van der Waals surface area contributed by atoms with Crippen LogP contribution in [0.25, 0.3) is 0 Å². The fraction of sp³-hybridized carbons (Fsp3) is 0.130. The van der Waals surface area contributed by atoms with Crippen molar-refractivity contribution in [3.8, 4) is 5.75 Å². The third kappa shape index (κ3) is 4.76. The first kappa shape index (κ1) is 17.8. The van der Waals surface area contributed by atoms with Gasteiger partial charge < -0.3 is 14.1 Å². The molecule has 0 aliphatic carbocycles. The Balaban J connectivity index is 1.45. The molecule has 0 atom stereocenters. The molecule has 0 amide bonds. The van der Waals surface area contributed by atoms with E-state index in [0.29, 0.717) is 18.3 Å². The fourth-order valence-corrected chi connectivity index (χ4v) is 2.92. The van der Waals surface area contributed by atoms with Crippen LogP contribution < -0.4 is 9.64 Å². The Hall–Kier alpha value is -3.60. The maximum Gasteiger partial charge on any atom is 0.253 e. The minimum atomic E-state index is 0.251. The van der Waals surface area contributed by atoms with E-state index in [0.717, 1.165) is 18.0 Å². The van der Waals surface area contributed by atoms with Crippen molar-refractivity contribution in [3.63, 3.8) is 0 Å². The summed E-state index contributed by atoms with van der Waals surface area (Å²) in [4.78, 5) is 2.21. The molecule has 0 aliphatic heterocycles. The maximum absolute atomic E-state index is 5.81. The summed E-state index contributed by atoms with van der Waals surface area (Å²) in [5, 5.41) is 8.31. The van der Waals surface area contributed by atoms with Crippen molar-refractivity contribution in [3.05, 3.63) is 108 Å². The van der Waals surface area contributed by atoms with Gasteiger partial charge in [0.2, 0.25) is 5.89 Å². The summed E-state index contributed by atoms with van der Waals surface area (Å²) in [6.07, 6.45) is 0. The van der Waals surface area contributed by atoms with Crippen molar-refractivity contribution in [1.82, 2.24) is 10.2 Å². The average molecular weight is 371 g/mol. The number of hydrogen-bond acceptors (Lipinski definition) is 5.